The third kappa shape index (κ3) is 2.78. The van der Waals surface area contributed by atoms with E-state index in [1.807, 2.05) is 44.3 Å². The molecule has 0 N–H and O–H groups in total. The number of ether oxygens (including phenoxy) is 1. The molecule has 0 bridgehead atoms. The monoisotopic (exact) mass is 235 g/mol. The molecule has 3 heteroatoms. The van der Waals surface area contributed by atoms with Gasteiger partial charge in [0.1, 0.15) is 5.75 Å². The van der Waals surface area contributed by atoms with Crippen molar-refractivity contribution in [2.24, 2.45) is 0 Å². The van der Waals surface area contributed by atoms with Crippen LogP contribution in [0.3, 0.4) is 0 Å². The summed E-state index contributed by atoms with van der Waals surface area (Å²) >= 11 is 0. The van der Waals surface area contributed by atoms with E-state index in [2.05, 4.69) is 4.57 Å². The third-order valence-electron chi connectivity index (χ3n) is 2.65. The van der Waals surface area contributed by atoms with Gasteiger partial charge in [0.05, 0.1) is 12.8 Å². The van der Waals surface area contributed by atoms with Crippen molar-refractivity contribution in [1.29, 1.82) is 0 Å². The maximum absolute atomic E-state index is 12.2. The van der Waals surface area contributed by atoms with Crippen LogP contribution in [0.1, 0.15) is 20.3 Å². The Bertz CT molecular complexity index is 490. The molecule has 0 atom stereocenters. The van der Waals surface area contributed by atoms with Crippen LogP contribution in [0.5, 0.6) is 5.75 Å². The van der Waals surface area contributed by atoms with Crippen LogP contribution in [0.15, 0.2) is 30.5 Å². The summed E-state index contributed by atoms with van der Waals surface area (Å²) in [6.07, 6.45) is 2.74. The molecular formula is C14H18FNO. The number of rotatable bonds is 5. The van der Waals surface area contributed by atoms with Gasteiger partial charge in [-0.05, 0) is 44.5 Å². The highest BCUT2D eigenvalue weighted by atomic mass is 19.1. The molecule has 0 spiro atoms. The second-order valence-electron chi connectivity index (χ2n) is 4.44. The van der Waals surface area contributed by atoms with Crippen LogP contribution in [0.4, 0.5) is 4.39 Å². The van der Waals surface area contributed by atoms with Crippen LogP contribution in [0.25, 0.3) is 10.9 Å². The van der Waals surface area contributed by atoms with E-state index in [1.54, 1.807) is 0 Å². The van der Waals surface area contributed by atoms with E-state index in [0.717, 1.165) is 23.2 Å². The molecule has 1 aromatic heterocycles. The second kappa shape index (κ2) is 5.21. The molecule has 0 saturated carbocycles. The van der Waals surface area contributed by atoms with Crippen molar-refractivity contribution in [3.63, 3.8) is 0 Å². The van der Waals surface area contributed by atoms with Crippen LogP contribution in [-0.2, 0) is 6.54 Å². The molecule has 92 valence electrons. The summed E-state index contributed by atoms with van der Waals surface area (Å²) < 4.78 is 19.9. The summed E-state index contributed by atoms with van der Waals surface area (Å²) in [4.78, 5) is 0. The number of benzene rings is 1. The molecule has 0 amide bonds. The highest BCUT2D eigenvalue weighted by molar-refractivity contribution is 5.81. The number of nitrogens with zero attached hydrogens (tertiary/aromatic N) is 1. The van der Waals surface area contributed by atoms with Gasteiger partial charge in [0.2, 0.25) is 0 Å². The first-order chi connectivity index (χ1) is 8.20. The fourth-order valence-corrected chi connectivity index (χ4v) is 1.95. The van der Waals surface area contributed by atoms with Gasteiger partial charge in [0, 0.05) is 23.6 Å². The van der Waals surface area contributed by atoms with Crippen molar-refractivity contribution in [3.05, 3.63) is 30.5 Å². The summed E-state index contributed by atoms with van der Waals surface area (Å²) in [5.41, 5.74) is 1.13. The van der Waals surface area contributed by atoms with Gasteiger partial charge >= 0.3 is 0 Å². The molecule has 2 rings (SSSR count). The third-order valence-corrected chi connectivity index (χ3v) is 2.65. The predicted molar refractivity (Wildman–Crippen MR) is 68.3 cm³/mol. The Hall–Kier alpha value is -1.51. The summed E-state index contributed by atoms with van der Waals surface area (Å²) in [6.45, 7) is 4.48. The van der Waals surface area contributed by atoms with Gasteiger partial charge < -0.3 is 9.30 Å². The average Bonchev–Trinajstić information content (AvgIpc) is 2.68. The van der Waals surface area contributed by atoms with E-state index < -0.39 is 0 Å². The molecule has 0 radical (unpaired) electrons. The number of aromatic nitrogens is 1. The fourth-order valence-electron chi connectivity index (χ4n) is 1.95. The predicted octanol–water partition coefficient (Wildman–Crippen LogP) is 3.79. The van der Waals surface area contributed by atoms with Gasteiger partial charge in [-0.3, -0.25) is 4.39 Å². The van der Waals surface area contributed by atoms with Gasteiger partial charge in [-0.15, -0.1) is 0 Å². The summed E-state index contributed by atoms with van der Waals surface area (Å²) in [7, 11) is 0. The molecule has 0 aliphatic carbocycles. The first kappa shape index (κ1) is 12.0. The summed E-state index contributed by atoms with van der Waals surface area (Å²) in [5, 5.41) is 1.14. The maximum Gasteiger partial charge on any atom is 0.120 e. The number of aryl methyl sites for hydroxylation is 1. The zero-order chi connectivity index (χ0) is 12.3. The summed E-state index contributed by atoms with van der Waals surface area (Å²) in [6, 6.07) is 8.07. The molecule has 2 aromatic rings. The van der Waals surface area contributed by atoms with E-state index in [9.17, 15) is 4.39 Å². The SMILES string of the molecule is CC(C)Oc1ccc2c(ccn2CCCF)c1. The number of halogens is 1. The molecule has 0 saturated heterocycles. The number of hydrogen-bond acceptors (Lipinski definition) is 1. The van der Waals surface area contributed by atoms with Crippen molar-refractivity contribution < 1.29 is 9.13 Å². The largest absolute Gasteiger partial charge is 0.491 e. The second-order valence-corrected chi connectivity index (χ2v) is 4.44. The highest BCUT2D eigenvalue weighted by Gasteiger charge is 2.03. The topological polar surface area (TPSA) is 14.2 Å². The minimum Gasteiger partial charge on any atom is -0.491 e. The van der Waals surface area contributed by atoms with Crippen LogP contribution in [-0.4, -0.2) is 17.3 Å². The zero-order valence-electron chi connectivity index (χ0n) is 10.3. The van der Waals surface area contributed by atoms with E-state index in [-0.39, 0.29) is 12.8 Å². The quantitative estimate of drug-likeness (QED) is 0.769. The van der Waals surface area contributed by atoms with Gasteiger partial charge in [-0.1, -0.05) is 0 Å². The Balaban J connectivity index is 2.25. The first-order valence-electron chi connectivity index (χ1n) is 6.02. The Morgan fingerprint density at radius 3 is 2.82 bits per heavy atom. The van der Waals surface area contributed by atoms with Gasteiger partial charge in [-0.2, -0.15) is 0 Å². The maximum atomic E-state index is 12.2. The molecule has 1 heterocycles. The Morgan fingerprint density at radius 1 is 1.29 bits per heavy atom. The first-order valence-corrected chi connectivity index (χ1v) is 6.02. The fraction of sp³-hybridized carbons (Fsp3) is 0.429. The van der Waals surface area contributed by atoms with Gasteiger partial charge in [0.15, 0.2) is 0 Å². The van der Waals surface area contributed by atoms with Crippen LogP contribution >= 0.6 is 0 Å². The van der Waals surface area contributed by atoms with Crippen molar-refractivity contribution in [2.75, 3.05) is 6.67 Å². The van der Waals surface area contributed by atoms with Crippen LogP contribution < -0.4 is 4.74 Å². The molecular weight excluding hydrogens is 217 g/mol. The normalized spacial score (nSPS) is 11.3. The Morgan fingerprint density at radius 2 is 2.12 bits per heavy atom. The van der Waals surface area contributed by atoms with Gasteiger partial charge in [-0.25, -0.2) is 0 Å². The average molecular weight is 235 g/mol. The Kier molecular flexibility index (Phi) is 3.67. The van der Waals surface area contributed by atoms with Crippen LogP contribution in [0.2, 0.25) is 0 Å². The number of hydrogen-bond donors (Lipinski definition) is 0. The lowest BCUT2D eigenvalue weighted by Crippen LogP contribution is -2.05. The summed E-state index contributed by atoms with van der Waals surface area (Å²) in [5.74, 6) is 0.885. The minimum atomic E-state index is -0.270. The van der Waals surface area contributed by atoms with E-state index >= 15 is 0 Å². The van der Waals surface area contributed by atoms with Crippen molar-refractivity contribution in [1.82, 2.24) is 4.57 Å². The lowest BCUT2D eigenvalue weighted by Gasteiger charge is -2.10. The molecule has 17 heavy (non-hydrogen) atoms. The van der Waals surface area contributed by atoms with Gasteiger partial charge in [0.25, 0.3) is 0 Å². The lowest BCUT2D eigenvalue weighted by atomic mass is 10.2. The highest BCUT2D eigenvalue weighted by Crippen LogP contribution is 2.23. The number of fused-ring (bicyclic) bond motifs is 1. The standard InChI is InChI=1S/C14H18FNO/c1-11(2)17-13-4-5-14-12(10-13)6-9-16(14)8-3-7-15/h4-6,9-11H,3,7-8H2,1-2H3. The van der Waals surface area contributed by atoms with E-state index in [4.69, 9.17) is 4.74 Å². The molecule has 2 nitrogen and oxygen atoms in total. The Labute approximate surface area is 101 Å². The lowest BCUT2D eigenvalue weighted by molar-refractivity contribution is 0.243. The van der Waals surface area contributed by atoms with Crippen molar-refractivity contribution in [2.45, 2.75) is 32.9 Å². The zero-order valence-corrected chi connectivity index (χ0v) is 10.3. The van der Waals surface area contributed by atoms with Crippen molar-refractivity contribution >= 4 is 10.9 Å². The molecule has 1 aromatic carbocycles. The number of alkyl halides is 1. The van der Waals surface area contributed by atoms with E-state index in [0.29, 0.717) is 6.42 Å². The molecule has 0 aliphatic heterocycles. The molecule has 0 unspecified atom stereocenters. The van der Waals surface area contributed by atoms with Crippen molar-refractivity contribution in [3.8, 4) is 5.75 Å². The smallest absolute Gasteiger partial charge is 0.120 e. The minimum absolute atomic E-state index is 0.182. The molecule has 0 aliphatic rings. The van der Waals surface area contributed by atoms with Crippen LogP contribution in [0, 0.1) is 0 Å². The van der Waals surface area contributed by atoms with E-state index in [1.165, 1.54) is 0 Å². The molecule has 0 fully saturated rings.